The average Bonchev–Trinajstić information content (AvgIpc) is 2.94. The maximum Gasteiger partial charge on any atom is 0.191 e. The Morgan fingerprint density at radius 3 is 2.65 bits per heavy atom. The van der Waals surface area contributed by atoms with Gasteiger partial charge in [-0.05, 0) is 30.5 Å². The summed E-state index contributed by atoms with van der Waals surface area (Å²) >= 11 is 0. The average molecular weight is 429 g/mol. The van der Waals surface area contributed by atoms with E-state index in [-0.39, 0.29) is 24.0 Å². The van der Waals surface area contributed by atoms with Gasteiger partial charge in [0, 0.05) is 26.1 Å². The van der Waals surface area contributed by atoms with Crippen molar-refractivity contribution in [3.05, 3.63) is 35.9 Å². The zero-order chi connectivity index (χ0) is 15.2. The molecule has 2 N–H and O–H groups in total. The van der Waals surface area contributed by atoms with E-state index in [0.717, 1.165) is 48.9 Å². The Hall–Kier alpha value is -1.44. The molecule has 0 aromatic heterocycles. The van der Waals surface area contributed by atoms with Gasteiger partial charge in [0.2, 0.25) is 0 Å². The summed E-state index contributed by atoms with van der Waals surface area (Å²) in [5.74, 6) is 2.50. The highest BCUT2D eigenvalue weighted by atomic mass is 127. The molecular weight excluding hydrogens is 405 g/mol. The lowest BCUT2D eigenvalue weighted by Crippen LogP contribution is -2.42. The topological polar surface area (TPSA) is 54.9 Å². The van der Waals surface area contributed by atoms with Gasteiger partial charge < -0.3 is 20.1 Å². The van der Waals surface area contributed by atoms with Crippen LogP contribution in [0.4, 0.5) is 0 Å². The number of benzene rings is 1. The quantitative estimate of drug-likeness (QED) is 0.336. The minimum absolute atomic E-state index is 0. The van der Waals surface area contributed by atoms with Crippen LogP contribution in [0.25, 0.3) is 0 Å². The maximum atomic E-state index is 5.72. The van der Waals surface area contributed by atoms with Gasteiger partial charge in [0.1, 0.15) is 0 Å². The zero-order valence-electron chi connectivity index (χ0n) is 13.4. The van der Waals surface area contributed by atoms with E-state index < -0.39 is 0 Å². The van der Waals surface area contributed by atoms with Crippen LogP contribution in [0.1, 0.15) is 24.8 Å². The van der Waals surface area contributed by atoms with E-state index in [1.165, 1.54) is 0 Å². The number of nitrogens with zero attached hydrogens (tertiary/aromatic N) is 1. The molecular formula is C17H24IN3O2. The van der Waals surface area contributed by atoms with Crippen LogP contribution in [0.2, 0.25) is 0 Å². The number of nitrogens with one attached hydrogen (secondary N) is 2. The fourth-order valence-corrected chi connectivity index (χ4v) is 2.63. The van der Waals surface area contributed by atoms with E-state index in [0.29, 0.717) is 19.2 Å². The largest absolute Gasteiger partial charge is 0.490 e. The van der Waals surface area contributed by atoms with Crippen LogP contribution in [0.15, 0.2) is 35.3 Å². The molecule has 0 amide bonds. The lowest BCUT2D eigenvalue weighted by Gasteiger charge is -2.17. The van der Waals surface area contributed by atoms with Crippen molar-refractivity contribution in [1.29, 1.82) is 0 Å². The number of aliphatic imine (C=N–C) groups is 1. The van der Waals surface area contributed by atoms with E-state index in [4.69, 9.17) is 9.47 Å². The number of hydrogen-bond donors (Lipinski definition) is 2. The van der Waals surface area contributed by atoms with E-state index >= 15 is 0 Å². The van der Waals surface area contributed by atoms with E-state index in [1.807, 2.05) is 12.1 Å². The highest BCUT2D eigenvalue weighted by Gasteiger charge is 2.13. The van der Waals surface area contributed by atoms with Crippen molar-refractivity contribution in [2.45, 2.75) is 31.8 Å². The lowest BCUT2D eigenvalue weighted by atomic mass is 10.2. The smallest absolute Gasteiger partial charge is 0.191 e. The van der Waals surface area contributed by atoms with Crippen molar-refractivity contribution in [3.63, 3.8) is 0 Å². The Kier molecular flexibility index (Phi) is 7.01. The van der Waals surface area contributed by atoms with Gasteiger partial charge in [-0.1, -0.05) is 18.2 Å². The van der Waals surface area contributed by atoms with Gasteiger partial charge in [-0.15, -0.1) is 24.0 Å². The second-order valence-corrected chi connectivity index (χ2v) is 5.54. The summed E-state index contributed by atoms with van der Waals surface area (Å²) in [5.41, 5.74) is 1.15. The summed E-state index contributed by atoms with van der Waals surface area (Å²) < 4.78 is 11.4. The minimum Gasteiger partial charge on any atom is -0.490 e. The normalized spacial score (nSPS) is 17.3. The molecule has 0 saturated heterocycles. The first-order chi connectivity index (χ1) is 10.8. The second kappa shape index (κ2) is 9.00. The standard InChI is InChI=1S/C17H23N3O2.HI/c1-18-17(20-14-5-2-3-6-14)19-12-13-7-8-15-16(11-13)22-10-4-9-21-15;/h2-3,7-8,11,14H,4-6,9-10,12H2,1H3,(H2,18,19,20);1H. The summed E-state index contributed by atoms with van der Waals surface area (Å²) in [7, 11) is 1.80. The molecule has 0 atom stereocenters. The highest BCUT2D eigenvalue weighted by molar-refractivity contribution is 14.0. The molecule has 23 heavy (non-hydrogen) atoms. The van der Waals surface area contributed by atoms with Crippen LogP contribution in [0, 0.1) is 0 Å². The molecule has 0 spiro atoms. The zero-order valence-corrected chi connectivity index (χ0v) is 15.7. The Morgan fingerprint density at radius 1 is 1.17 bits per heavy atom. The number of rotatable bonds is 3. The molecule has 0 unspecified atom stereocenters. The van der Waals surface area contributed by atoms with Crippen LogP contribution in [-0.4, -0.2) is 32.3 Å². The van der Waals surface area contributed by atoms with Gasteiger partial charge in [0.05, 0.1) is 13.2 Å². The van der Waals surface area contributed by atoms with Gasteiger partial charge in [-0.2, -0.15) is 0 Å². The molecule has 1 aliphatic heterocycles. The molecule has 3 rings (SSSR count). The summed E-state index contributed by atoms with van der Waals surface area (Å²) in [6, 6.07) is 6.53. The monoisotopic (exact) mass is 429 g/mol. The molecule has 6 heteroatoms. The van der Waals surface area contributed by atoms with Crippen LogP contribution in [-0.2, 0) is 6.54 Å². The Balaban J connectivity index is 0.00000192. The van der Waals surface area contributed by atoms with Crippen LogP contribution < -0.4 is 20.1 Å². The third kappa shape index (κ3) is 5.02. The second-order valence-electron chi connectivity index (χ2n) is 5.54. The van der Waals surface area contributed by atoms with Gasteiger partial charge in [0.15, 0.2) is 17.5 Å². The third-order valence-electron chi connectivity index (χ3n) is 3.84. The number of guanidine groups is 1. The first-order valence-electron chi connectivity index (χ1n) is 7.86. The number of ether oxygens (including phenoxy) is 2. The molecule has 126 valence electrons. The third-order valence-corrected chi connectivity index (χ3v) is 3.84. The van der Waals surface area contributed by atoms with Crippen LogP contribution in [0.5, 0.6) is 11.5 Å². The van der Waals surface area contributed by atoms with Crippen molar-refractivity contribution >= 4 is 29.9 Å². The molecule has 1 aromatic carbocycles. The number of hydrogen-bond acceptors (Lipinski definition) is 3. The molecule has 1 aromatic rings. The highest BCUT2D eigenvalue weighted by Crippen LogP contribution is 2.30. The van der Waals surface area contributed by atoms with Crippen molar-refractivity contribution in [2.75, 3.05) is 20.3 Å². The number of fused-ring (bicyclic) bond motifs is 1. The predicted molar refractivity (Wildman–Crippen MR) is 103 cm³/mol. The molecule has 0 radical (unpaired) electrons. The van der Waals surface area contributed by atoms with Gasteiger partial charge in [0.25, 0.3) is 0 Å². The molecule has 1 aliphatic carbocycles. The summed E-state index contributed by atoms with van der Waals surface area (Å²) in [6.45, 7) is 2.13. The Labute approximate surface area is 154 Å². The summed E-state index contributed by atoms with van der Waals surface area (Å²) in [4.78, 5) is 4.28. The van der Waals surface area contributed by atoms with E-state index in [2.05, 4.69) is 33.8 Å². The van der Waals surface area contributed by atoms with Gasteiger partial charge in [-0.25, -0.2) is 0 Å². The van der Waals surface area contributed by atoms with Crippen LogP contribution >= 0.6 is 24.0 Å². The molecule has 0 fully saturated rings. The van der Waals surface area contributed by atoms with Crippen molar-refractivity contribution < 1.29 is 9.47 Å². The van der Waals surface area contributed by atoms with Gasteiger partial charge in [-0.3, -0.25) is 4.99 Å². The SMILES string of the molecule is CN=C(NCc1ccc2c(c1)OCCCO2)NC1CC=CC1.I. The Morgan fingerprint density at radius 2 is 1.91 bits per heavy atom. The molecule has 5 nitrogen and oxygen atoms in total. The summed E-state index contributed by atoms with van der Waals surface area (Å²) in [5, 5.41) is 6.78. The first kappa shape index (κ1) is 17.9. The van der Waals surface area contributed by atoms with E-state index in [9.17, 15) is 0 Å². The van der Waals surface area contributed by atoms with Gasteiger partial charge >= 0.3 is 0 Å². The first-order valence-corrected chi connectivity index (χ1v) is 7.86. The van der Waals surface area contributed by atoms with E-state index in [1.54, 1.807) is 7.05 Å². The fraction of sp³-hybridized carbons (Fsp3) is 0.471. The maximum absolute atomic E-state index is 5.72. The molecule has 0 bridgehead atoms. The molecule has 1 heterocycles. The predicted octanol–water partition coefficient (Wildman–Crippen LogP) is 2.85. The number of halogens is 1. The van der Waals surface area contributed by atoms with Crippen molar-refractivity contribution in [1.82, 2.24) is 10.6 Å². The molecule has 0 saturated carbocycles. The molecule has 2 aliphatic rings. The lowest BCUT2D eigenvalue weighted by molar-refractivity contribution is 0.297. The summed E-state index contributed by atoms with van der Waals surface area (Å²) in [6.07, 6.45) is 7.45. The van der Waals surface area contributed by atoms with Crippen molar-refractivity contribution in [3.8, 4) is 11.5 Å². The fourth-order valence-electron chi connectivity index (χ4n) is 2.63. The Bertz CT molecular complexity index is 567. The van der Waals surface area contributed by atoms with Crippen molar-refractivity contribution in [2.24, 2.45) is 4.99 Å². The minimum atomic E-state index is 0. The van der Waals surface area contributed by atoms with Crippen LogP contribution in [0.3, 0.4) is 0 Å².